The minimum atomic E-state index is -0.498. The van der Waals surface area contributed by atoms with Crippen molar-refractivity contribution in [2.45, 2.75) is 19.9 Å². The third-order valence-electron chi connectivity index (χ3n) is 3.96. The number of rotatable bonds is 7. The Balaban J connectivity index is 0.00000320. The first kappa shape index (κ1) is 24.0. The molecule has 0 saturated carbocycles. The lowest BCUT2D eigenvalue weighted by molar-refractivity contribution is 0.378. The van der Waals surface area contributed by atoms with Crippen molar-refractivity contribution < 1.29 is 13.3 Å². The minimum Gasteiger partial charge on any atom is -0.357 e. The molecule has 0 unspecified atom stereocenters. The van der Waals surface area contributed by atoms with E-state index in [9.17, 15) is 8.78 Å². The van der Waals surface area contributed by atoms with Crippen molar-refractivity contribution >= 4 is 41.5 Å². The normalized spacial score (nSPS) is 11.1. The quantitative estimate of drug-likeness (QED) is 0.257. The van der Waals surface area contributed by atoms with Gasteiger partial charge in [-0.15, -0.1) is 24.0 Å². The molecule has 6 nitrogen and oxygen atoms in total. The molecule has 1 aromatic heterocycles. The molecule has 0 bridgehead atoms. The molecule has 0 amide bonds. The third-order valence-corrected chi connectivity index (χ3v) is 4.21. The summed E-state index contributed by atoms with van der Waals surface area (Å²) >= 11 is 5.88. The van der Waals surface area contributed by atoms with Gasteiger partial charge in [0.25, 0.3) is 0 Å². The van der Waals surface area contributed by atoms with Crippen LogP contribution in [0.5, 0.6) is 0 Å². The number of aromatic nitrogens is 2. The molecule has 0 aliphatic rings. The van der Waals surface area contributed by atoms with Gasteiger partial charge in [-0.3, -0.25) is 0 Å². The van der Waals surface area contributed by atoms with Gasteiger partial charge in [-0.2, -0.15) is 4.98 Å². The van der Waals surface area contributed by atoms with Crippen molar-refractivity contribution in [2.24, 2.45) is 4.99 Å². The summed E-state index contributed by atoms with van der Waals surface area (Å²) in [6.45, 7) is 3.02. The Morgan fingerprint density at radius 3 is 2.63 bits per heavy atom. The van der Waals surface area contributed by atoms with Gasteiger partial charge in [0.1, 0.15) is 11.6 Å². The van der Waals surface area contributed by atoms with Crippen molar-refractivity contribution in [3.8, 4) is 11.4 Å². The summed E-state index contributed by atoms with van der Waals surface area (Å²) in [5, 5.41) is 10.8. The average Bonchev–Trinajstić information content (AvgIpc) is 3.18. The number of nitrogens with one attached hydrogen (secondary N) is 2. The summed E-state index contributed by atoms with van der Waals surface area (Å²) in [6.07, 6.45) is 0.472. The van der Waals surface area contributed by atoms with Crippen LogP contribution < -0.4 is 10.6 Å². The largest absolute Gasteiger partial charge is 0.357 e. The van der Waals surface area contributed by atoms with Gasteiger partial charge < -0.3 is 15.2 Å². The highest BCUT2D eigenvalue weighted by Gasteiger charge is 2.09. The van der Waals surface area contributed by atoms with Crippen molar-refractivity contribution in [3.05, 3.63) is 70.6 Å². The number of hydrogen-bond donors (Lipinski definition) is 2. The Morgan fingerprint density at radius 2 is 1.90 bits per heavy atom. The Kier molecular flexibility index (Phi) is 9.44. The van der Waals surface area contributed by atoms with Crippen LogP contribution in [0.2, 0.25) is 5.02 Å². The first-order valence-electron chi connectivity index (χ1n) is 9.10. The van der Waals surface area contributed by atoms with Crippen LogP contribution in [0, 0.1) is 11.6 Å². The van der Waals surface area contributed by atoms with Crippen LogP contribution in [-0.2, 0) is 13.0 Å². The first-order chi connectivity index (χ1) is 14.0. The topological polar surface area (TPSA) is 75.3 Å². The molecule has 2 aromatic carbocycles. The van der Waals surface area contributed by atoms with Crippen LogP contribution in [0.4, 0.5) is 8.78 Å². The molecule has 0 aliphatic carbocycles. The highest BCUT2D eigenvalue weighted by molar-refractivity contribution is 14.0. The van der Waals surface area contributed by atoms with E-state index in [1.165, 1.54) is 0 Å². The van der Waals surface area contributed by atoms with Crippen molar-refractivity contribution in [3.63, 3.8) is 0 Å². The molecule has 30 heavy (non-hydrogen) atoms. The van der Waals surface area contributed by atoms with Gasteiger partial charge in [-0.05, 0) is 49.4 Å². The smallest absolute Gasteiger partial charge is 0.228 e. The third kappa shape index (κ3) is 6.91. The molecule has 1 heterocycles. The number of aliphatic imine (C=N–C) groups is 1. The second kappa shape index (κ2) is 11.8. The predicted molar refractivity (Wildman–Crippen MR) is 123 cm³/mol. The minimum absolute atomic E-state index is 0. The molecule has 0 saturated heterocycles. The lowest BCUT2D eigenvalue weighted by Gasteiger charge is -2.10. The Labute approximate surface area is 195 Å². The van der Waals surface area contributed by atoms with Gasteiger partial charge in [0, 0.05) is 35.7 Å². The van der Waals surface area contributed by atoms with Crippen LogP contribution in [0.15, 0.2) is 52.0 Å². The molecule has 0 radical (unpaired) electrons. The van der Waals surface area contributed by atoms with E-state index in [1.54, 1.807) is 12.1 Å². The van der Waals surface area contributed by atoms with Crippen LogP contribution in [0.1, 0.15) is 18.4 Å². The highest BCUT2D eigenvalue weighted by atomic mass is 127. The molecule has 3 rings (SSSR count). The zero-order valence-corrected chi connectivity index (χ0v) is 19.2. The second-order valence-electron chi connectivity index (χ2n) is 6.13. The molecule has 160 valence electrons. The van der Waals surface area contributed by atoms with Gasteiger partial charge in [0.2, 0.25) is 11.7 Å². The predicted octanol–water partition coefficient (Wildman–Crippen LogP) is 4.58. The average molecular weight is 548 g/mol. The van der Waals surface area contributed by atoms with Gasteiger partial charge in [0.05, 0.1) is 6.54 Å². The van der Waals surface area contributed by atoms with E-state index >= 15 is 0 Å². The number of hydrogen-bond acceptors (Lipinski definition) is 4. The summed E-state index contributed by atoms with van der Waals surface area (Å²) in [6, 6.07) is 10.5. The molecular formula is C20H21ClF2IN5O. The summed E-state index contributed by atoms with van der Waals surface area (Å²) in [5.41, 5.74) is 0.996. The van der Waals surface area contributed by atoms with Gasteiger partial charge in [0.15, 0.2) is 5.96 Å². The van der Waals surface area contributed by atoms with Gasteiger partial charge in [-0.25, -0.2) is 13.8 Å². The van der Waals surface area contributed by atoms with Gasteiger partial charge in [-0.1, -0.05) is 16.8 Å². The van der Waals surface area contributed by atoms with E-state index in [1.807, 2.05) is 19.1 Å². The van der Waals surface area contributed by atoms with E-state index < -0.39 is 11.6 Å². The summed E-state index contributed by atoms with van der Waals surface area (Å²) < 4.78 is 32.3. The van der Waals surface area contributed by atoms with Crippen molar-refractivity contribution in [2.75, 3.05) is 13.1 Å². The maximum atomic E-state index is 13.7. The first-order valence-corrected chi connectivity index (χ1v) is 9.47. The molecule has 0 aliphatic heterocycles. The van der Waals surface area contributed by atoms with E-state index in [0.717, 1.165) is 23.8 Å². The lowest BCUT2D eigenvalue weighted by atomic mass is 10.2. The molecule has 0 spiro atoms. The zero-order valence-electron chi connectivity index (χ0n) is 16.2. The van der Waals surface area contributed by atoms with Crippen LogP contribution >= 0.6 is 35.6 Å². The van der Waals surface area contributed by atoms with Gasteiger partial charge >= 0.3 is 0 Å². The van der Waals surface area contributed by atoms with E-state index in [2.05, 4.69) is 25.8 Å². The van der Waals surface area contributed by atoms with E-state index in [0.29, 0.717) is 42.2 Å². The molecule has 2 N–H and O–H groups in total. The summed E-state index contributed by atoms with van der Waals surface area (Å²) in [4.78, 5) is 8.64. The molecular weight excluding hydrogens is 527 g/mol. The molecule has 10 heteroatoms. The van der Waals surface area contributed by atoms with E-state index in [4.69, 9.17) is 16.1 Å². The maximum Gasteiger partial charge on any atom is 0.228 e. The number of guanidine groups is 1. The Hall–Kier alpha value is -2.27. The fourth-order valence-corrected chi connectivity index (χ4v) is 2.66. The number of benzene rings is 2. The summed E-state index contributed by atoms with van der Waals surface area (Å²) in [7, 11) is 0. The number of halogens is 4. The van der Waals surface area contributed by atoms with Crippen LogP contribution in [0.3, 0.4) is 0 Å². The second-order valence-corrected chi connectivity index (χ2v) is 6.56. The fraction of sp³-hybridized carbons (Fsp3) is 0.250. The Morgan fingerprint density at radius 1 is 1.13 bits per heavy atom. The highest BCUT2D eigenvalue weighted by Crippen LogP contribution is 2.18. The number of nitrogens with zero attached hydrogens (tertiary/aromatic N) is 3. The lowest BCUT2D eigenvalue weighted by Crippen LogP contribution is -2.38. The van der Waals surface area contributed by atoms with Crippen LogP contribution in [-0.4, -0.2) is 29.2 Å². The zero-order chi connectivity index (χ0) is 20.6. The SMILES string of the molecule is CCNC(=NCc1cc(F)ccc1F)NCCc1nc(-c2ccc(Cl)cc2)no1.I. The van der Waals surface area contributed by atoms with Crippen molar-refractivity contribution in [1.29, 1.82) is 0 Å². The maximum absolute atomic E-state index is 13.7. The monoisotopic (exact) mass is 547 g/mol. The Bertz CT molecular complexity index is 982. The fourth-order valence-electron chi connectivity index (χ4n) is 2.53. The summed E-state index contributed by atoms with van der Waals surface area (Å²) in [5.74, 6) is 0.441. The van der Waals surface area contributed by atoms with Crippen molar-refractivity contribution in [1.82, 2.24) is 20.8 Å². The molecule has 0 fully saturated rings. The van der Waals surface area contributed by atoms with Crippen LogP contribution in [0.25, 0.3) is 11.4 Å². The molecule has 3 aromatic rings. The molecule has 0 atom stereocenters. The standard InChI is InChI=1S/C20H20ClF2N5O.HI/c1-2-24-20(26-12-14-11-16(22)7-8-17(14)23)25-10-9-18-27-19(28-29-18)13-3-5-15(21)6-4-13;/h3-8,11H,2,9-10,12H2,1H3,(H2,24,25,26);1H. The van der Waals surface area contributed by atoms with E-state index in [-0.39, 0.29) is 36.1 Å².